The van der Waals surface area contributed by atoms with Crippen molar-refractivity contribution < 1.29 is 22.7 Å². The quantitative estimate of drug-likeness (QED) is 0.729. The maximum atomic E-state index is 13.5. The average Bonchev–Trinajstić information content (AvgIpc) is 2.56. The van der Waals surface area contributed by atoms with Crippen LogP contribution in [0.5, 0.6) is 5.75 Å². The van der Waals surface area contributed by atoms with E-state index in [1.54, 1.807) is 24.3 Å². The number of hydrogen-bond donors (Lipinski definition) is 2. The number of amides is 1. The standard InChI is InChI=1S/C18H19F3N2O2/c1-11(2)25-13-5-3-12(4-6-13)23-16(24)9-10-22-15-8-7-14(19)17(20)18(15)21/h3-8,11,22H,9-10H2,1-2H3,(H,23,24). The van der Waals surface area contributed by atoms with Crippen LogP contribution in [0.15, 0.2) is 36.4 Å². The molecule has 0 aromatic heterocycles. The van der Waals surface area contributed by atoms with Gasteiger partial charge in [0.15, 0.2) is 17.5 Å². The minimum Gasteiger partial charge on any atom is -0.491 e. The summed E-state index contributed by atoms with van der Waals surface area (Å²) >= 11 is 0. The van der Waals surface area contributed by atoms with Crippen LogP contribution in [0.1, 0.15) is 20.3 Å². The zero-order valence-electron chi connectivity index (χ0n) is 13.9. The smallest absolute Gasteiger partial charge is 0.226 e. The van der Waals surface area contributed by atoms with Gasteiger partial charge in [0.05, 0.1) is 11.8 Å². The van der Waals surface area contributed by atoms with Gasteiger partial charge < -0.3 is 15.4 Å². The van der Waals surface area contributed by atoms with E-state index in [-0.39, 0.29) is 30.7 Å². The number of carbonyl (C=O) groups excluding carboxylic acids is 1. The van der Waals surface area contributed by atoms with Gasteiger partial charge in [-0.25, -0.2) is 13.2 Å². The van der Waals surface area contributed by atoms with E-state index in [1.165, 1.54) is 0 Å². The number of hydrogen-bond acceptors (Lipinski definition) is 3. The summed E-state index contributed by atoms with van der Waals surface area (Å²) in [5.41, 5.74) is 0.405. The van der Waals surface area contributed by atoms with Crippen LogP contribution in [-0.4, -0.2) is 18.6 Å². The highest BCUT2D eigenvalue weighted by Crippen LogP contribution is 2.20. The Bertz CT molecular complexity index is 734. The third-order valence-electron chi connectivity index (χ3n) is 3.21. The number of ether oxygens (including phenoxy) is 1. The summed E-state index contributed by atoms with van der Waals surface area (Å²) in [7, 11) is 0. The molecule has 25 heavy (non-hydrogen) atoms. The molecule has 0 aliphatic heterocycles. The minimum atomic E-state index is -1.54. The second kappa shape index (κ2) is 8.41. The minimum absolute atomic E-state index is 0.0304. The molecular weight excluding hydrogens is 333 g/mol. The molecule has 134 valence electrons. The molecule has 4 nitrogen and oxygen atoms in total. The molecule has 0 atom stereocenters. The van der Waals surface area contributed by atoms with Crippen molar-refractivity contribution in [1.82, 2.24) is 0 Å². The van der Waals surface area contributed by atoms with Crippen LogP contribution >= 0.6 is 0 Å². The molecule has 2 aromatic rings. The lowest BCUT2D eigenvalue weighted by molar-refractivity contribution is -0.115. The van der Waals surface area contributed by atoms with Gasteiger partial charge in [0.25, 0.3) is 0 Å². The van der Waals surface area contributed by atoms with E-state index in [1.807, 2.05) is 13.8 Å². The molecule has 0 saturated carbocycles. The molecule has 0 unspecified atom stereocenters. The highest BCUT2D eigenvalue weighted by molar-refractivity contribution is 5.91. The molecule has 0 fully saturated rings. The number of halogens is 3. The Kier molecular flexibility index (Phi) is 6.27. The van der Waals surface area contributed by atoms with Gasteiger partial charge in [-0.2, -0.15) is 0 Å². The van der Waals surface area contributed by atoms with E-state index >= 15 is 0 Å². The fraction of sp³-hybridized carbons (Fsp3) is 0.278. The first kappa shape index (κ1) is 18.6. The van der Waals surface area contributed by atoms with Crippen LogP contribution in [0.25, 0.3) is 0 Å². The molecule has 2 N–H and O–H groups in total. The fourth-order valence-corrected chi connectivity index (χ4v) is 2.09. The summed E-state index contributed by atoms with van der Waals surface area (Å²) in [4.78, 5) is 11.9. The molecule has 0 spiro atoms. The van der Waals surface area contributed by atoms with Crippen LogP contribution in [-0.2, 0) is 4.79 Å². The zero-order chi connectivity index (χ0) is 18.4. The van der Waals surface area contributed by atoms with Crippen LogP contribution < -0.4 is 15.4 Å². The van der Waals surface area contributed by atoms with E-state index in [0.717, 1.165) is 12.1 Å². The van der Waals surface area contributed by atoms with Crippen molar-refractivity contribution in [2.24, 2.45) is 0 Å². The van der Waals surface area contributed by atoms with Crippen molar-refractivity contribution >= 4 is 17.3 Å². The van der Waals surface area contributed by atoms with E-state index in [9.17, 15) is 18.0 Å². The maximum Gasteiger partial charge on any atom is 0.226 e. The second-order valence-corrected chi connectivity index (χ2v) is 5.64. The lowest BCUT2D eigenvalue weighted by Gasteiger charge is -2.11. The lowest BCUT2D eigenvalue weighted by Crippen LogP contribution is -2.17. The zero-order valence-corrected chi connectivity index (χ0v) is 13.9. The van der Waals surface area contributed by atoms with Crippen LogP contribution in [0.4, 0.5) is 24.5 Å². The Morgan fingerprint density at radius 3 is 2.36 bits per heavy atom. The summed E-state index contributed by atoms with van der Waals surface area (Å²) in [6.07, 6.45) is 0.0890. The summed E-state index contributed by atoms with van der Waals surface area (Å²) in [5.74, 6) is -3.71. The van der Waals surface area contributed by atoms with Crippen molar-refractivity contribution in [3.63, 3.8) is 0 Å². The van der Waals surface area contributed by atoms with Crippen LogP contribution in [0.3, 0.4) is 0 Å². The van der Waals surface area contributed by atoms with E-state index in [4.69, 9.17) is 4.74 Å². The fourth-order valence-electron chi connectivity index (χ4n) is 2.09. The normalized spacial score (nSPS) is 10.6. The Labute approximate surface area is 144 Å². The number of benzene rings is 2. The van der Waals surface area contributed by atoms with E-state index in [0.29, 0.717) is 11.4 Å². The summed E-state index contributed by atoms with van der Waals surface area (Å²) < 4.78 is 44.9. The molecule has 2 rings (SSSR count). The van der Waals surface area contributed by atoms with Gasteiger partial charge >= 0.3 is 0 Å². The molecule has 1 amide bonds. The predicted octanol–water partition coefficient (Wildman–Crippen LogP) is 4.33. The summed E-state index contributed by atoms with van der Waals surface area (Å²) in [6.45, 7) is 3.90. The molecular formula is C18H19F3N2O2. The van der Waals surface area contributed by atoms with Crippen molar-refractivity contribution in [1.29, 1.82) is 0 Å². The molecule has 0 aliphatic rings. The van der Waals surface area contributed by atoms with Crippen molar-refractivity contribution in [3.8, 4) is 5.75 Å². The van der Waals surface area contributed by atoms with Crippen molar-refractivity contribution in [2.45, 2.75) is 26.4 Å². The Morgan fingerprint density at radius 2 is 1.72 bits per heavy atom. The predicted molar refractivity (Wildman–Crippen MR) is 90.3 cm³/mol. The van der Waals surface area contributed by atoms with Gasteiger partial charge in [-0.15, -0.1) is 0 Å². The van der Waals surface area contributed by atoms with Gasteiger partial charge in [-0.1, -0.05) is 0 Å². The third-order valence-corrected chi connectivity index (χ3v) is 3.21. The number of nitrogens with one attached hydrogen (secondary N) is 2. The highest BCUT2D eigenvalue weighted by Gasteiger charge is 2.13. The number of rotatable bonds is 7. The average molecular weight is 352 g/mol. The van der Waals surface area contributed by atoms with Crippen molar-refractivity contribution in [2.75, 3.05) is 17.2 Å². The van der Waals surface area contributed by atoms with Gasteiger partial charge in [0.2, 0.25) is 5.91 Å². The molecule has 0 radical (unpaired) electrons. The third kappa shape index (κ3) is 5.41. The van der Waals surface area contributed by atoms with Crippen LogP contribution in [0, 0.1) is 17.5 Å². The topological polar surface area (TPSA) is 50.4 Å². The summed E-state index contributed by atoms with van der Waals surface area (Å²) in [5, 5.41) is 5.25. The van der Waals surface area contributed by atoms with Crippen molar-refractivity contribution in [3.05, 3.63) is 53.8 Å². The van der Waals surface area contributed by atoms with Gasteiger partial charge in [-0.3, -0.25) is 4.79 Å². The van der Waals surface area contributed by atoms with Gasteiger partial charge in [0, 0.05) is 18.7 Å². The molecule has 7 heteroatoms. The molecule has 0 saturated heterocycles. The molecule has 0 heterocycles. The van der Waals surface area contributed by atoms with E-state index < -0.39 is 17.5 Å². The van der Waals surface area contributed by atoms with Gasteiger partial charge in [0.1, 0.15) is 5.75 Å². The molecule has 0 aliphatic carbocycles. The monoisotopic (exact) mass is 352 g/mol. The Balaban J connectivity index is 1.82. The Morgan fingerprint density at radius 1 is 1.04 bits per heavy atom. The SMILES string of the molecule is CC(C)Oc1ccc(NC(=O)CCNc2ccc(F)c(F)c2F)cc1. The lowest BCUT2D eigenvalue weighted by atomic mass is 10.2. The van der Waals surface area contributed by atoms with E-state index in [2.05, 4.69) is 10.6 Å². The van der Waals surface area contributed by atoms with Crippen LogP contribution in [0.2, 0.25) is 0 Å². The molecule has 2 aromatic carbocycles. The highest BCUT2D eigenvalue weighted by atomic mass is 19.2. The number of carbonyl (C=O) groups is 1. The first-order chi connectivity index (χ1) is 11.9. The second-order valence-electron chi connectivity index (χ2n) is 5.64. The first-order valence-electron chi connectivity index (χ1n) is 7.80. The van der Waals surface area contributed by atoms with Gasteiger partial charge in [-0.05, 0) is 50.2 Å². The largest absolute Gasteiger partial charge is 0.491 e. The number of anilines is 2. The molecule has 0 bridgehead atoms. The first-order valence-corrected chi connectivity index (χ1v) is 7.80. The Hall–Kier alpha value is -2.70. The maximum absolute atomic E-state index is 13.5. The summed E-state index contributed by atoms with van der Waals surface area (Å²) in [6, 6.07) is 8.80.